The molecular formula is C14H19N3O2. The molecule has 1 aromatic carbocycles. The van der Waals surface area contributed by atoms with E-state index in [1.54, 1.807) is 7.11 Å². The predicted octanol–water partition coefficient (Wildman–Crippen LogP) is 3.09. The number of aryl methyl sites for hydroxylation is 1. The normalized spacial score (nSPS) is 12.4. The molecule has 1 N–H and O–H groups in total. The number of nitrogens with one attached hydrogen (secondary N) is 1. The molecule has 1 heterocycles. The second-order valence-corrected chi connectivity index (χ2v) is 4.40. The smallest absolute Gasteiger partial charge is 0.246 e. The van der Waals surface area contributed by atoms with Crippen molar-refractivity contribution in [1.82, 2.24) is 10.1 Å². The summed E-state index contributed by atoms with van der Waals surface area (Å²) in [6.07, 6.45) is 0.720. The van der Waals surface area contributed by atoms with Gasteiger partial charge in [-0.25, -0.2) is 0 Å². The van der Waals surface area contributed by atoms with Crippen LogP contribution in [-0.2, 0) is 11.3 Å². The van der Waals surface area contributed by atoms with E-state index in [-0.39, 0.29) is 6.10 Å². The van der Waals surface area contributed by atoms with E-state index in [0.29, 0.717) is 18.3 Å². The van der Waals surface area contributed by atoms with Gasteiger partial charge >= 0.3 is 0 Å². The average molecular weight is 261 g/mol. The number of rotatable bonds is 6. The summed E-state index contributed by atoms with van der Waals surface area (Å²) in [6, 6.07) is 8.16. The van der Waals surface area contributed by atoms with Gasteiger partial charge in [-0.3, -0.25) is 0 Å². The predicted molar refractivity (Wildman–Crippen MR) is 72.8 cm³/mol. The lowest BCUT2D eigenvalue weighted by Gasteiger charge is -2.06. The Kier molecular flexibility index (Phi) is 4.52. The van der Waals surface area contributed by atoms with Gasteiger partial charge in [-0.2, -0.15) is 4.98 Å². The third kappa shape index (κ3) is 3.54. The van der Waals surface area contributed by atoms with Crippen LogP contribution in [0, 0.1) is 6.92 Å². The Bertz CT molecular complexity index is 504. The quantitative estimate of drug-likeness (QED) is 0.865. The number of benzene rings is 1. The summed E-state index contributed by atoms with van der Waals surface area (Å²) in [4.78, 5) is 4.32. The first-order chi connectivity index (χ1) is 9.22. The first kappa shape index (κ1) is 13.5. The molecule has 0 aliphatic carbocycles. The minimum absolute atomic E-state index is 0.100. The van der Waals surface area contributed by atoms with Crippen molar-refractivity contribution in [1.29, 1.82) is 0 Å². The molecule has 0 aliphatic rings. The lowest BCUT2D eigenvalue weighted by molar-refractivity contribution is 0.0903. The standard InChI is InChI=1S/C14H19N3O2/c1-4-12(18-3)14-16-13(19-17-14)9-15-11-7-5-10(2)6-8-11/h5-8,12,15H,4,9H2,1-3H3. The van der Waals surface area contributed by atoms with E-state index in [0.717, 1.165) is 12.1 Å². The largest absolute Gasteiger partial charge is 0.376 e. The molecule has 19 heavy (non-hydrogen) atoms. The van der Waals surface area contributed by atoms with Gasteiger partial charge < -0.3 is 14.6 Å². The van der Waals surface area contributed by atoms with Gasteiger partial charge in [0.15, 0.2) is 0 Å². The highest BCUT2D eigenvalue weighted by atomic mass is 16.5. The van der Waals surface area contributed by atoms with Gasteiger partial charge in [0.2, 0.25) is 11.7 Å². The summed E-state index contributed by atoms with van der Waals surface area (Å²) in [7, 11) is 1.65. The van der Waals surface area contributed by atoms with Crippen molar-refractivity contribution < 1.29 is 9.26 Å². The second kappa shape index (κ2) is 6.33. The summed E-state index contributed by atoms with van der Waals surface area (Å²) in [5.41, 5.74) is 2.26. The van der Waals surface area contributed by atoms with Crippen molar-refractivity contribution in [3.8, 4) is 0 Å². The highest BCUT2D eigenvalue weighted by Crippen LogP contribution is 2.17. The fourth-order valence-electron chi connectivity index (χ4n) is 1.77. The van der Waals surface area contributed by atoms with Crippen LogP contribution in [-0.4, -0.2) is 17.3 Å². The van der Waals surface area contributed by atoms with Crippen LogP contribution >= 0.6 is 0 Å². The van der Waals surface area contributed by atoms with Gasteiger partial charge in [0, 0.05) is 12.8 Å². The highest BCUT2D eigenvalue weighted by Gasteiger charge is 2.15. The first-order valence-electron chi connectivity index (χ1n) is 6.38. The number of hydrogen-bond acceptors (Lipinski definition) is 5. The molecule has 5 nitrogen and oxygen atoms in total. The molecule has 1 atom stereocenters. The van der Waals surface area contributed by atoms with Crippen molar-refractivity contribution in [2.45, 2.75) is 32.9 Å². The molecule has 2 rings (SSSR count). The van der Waals surface area contributed by atoms with Crippen molar-refractivity contribution in [3.05, 3.63) is 41.5 Å². The topological polar surface area (TPSA) is 60.2 Å². The van der Waals surface area contributed by atoms with Crippen molar-refractivity contribution in [2.75, 3.05) is 12.4 Å². The lowest BCUT2D eigenvalue weighted by atomic mass is 10.2. The summed E-state index contributed by atoms with van der Waals surface area (Å²) in [5, 5.41) is 7.17. The van der Waals surface area contributed by atoms with Gasteiger partial charge in [-0.15, -0.1) is 0 Å². The van der Waals surface area contributed by atoms with Crippen LogP contribution in [0.2, 0.25) is 0 Å². The Labute approximate surface area is 113 Å². The second-order valence-electron chi connectivity index (χ2n) is 4.40. The third-order valence-corrected chi connectivity index (χ3v) is 2.92. The van der Waals surface area contributed by atoms with E-state index in [1.165, 1.54) is 5.56 Å². The Morgan fingerprint density at radius 2 is 2.05 bits per heavy atom. The molecule has 0 aliphatic heterocycles. The van der Waals surface area contributed by atoms with E-state index >= 15 is 0 Å². The van der Waals surface area contributed by atoms with Gasteiger partial charge in [0.05, 0.1) is 6.54 Å². The summed E-state index contributed by atoms with van der Waals surface area (Å²) in [6.45, 7) is 4.59. The zero-order chi connectivity index (χ0) is 13.7. The van der Waals surface area contributed by atoms with Gasteiger partial charge in [-0.1, -0.05) is 29.8 Å². The molecule has 0 saturated heterocycles. The maximum Gasteiger partial charge on any atom is 0.246 e. The van der Waals surface area contributed by atoms with E-state index in [1.807, 2.05) is 19.1 Å². The van der Waals surface area contributed by atoms with Crippen LogP contribution in [0.4, 0.5) is 5.69 Å². The Hall–Kier alpha value is -1.88. The molecule has 102 valence electrons. The van der Waals surface area contributed by atoms with Crippen LogP contribution in [0.5, 0.6) is 0 Å². The number of hydrogen-bond donors (Lipinski definition) is 1. The van der Waals surface area contributed by atoms with Crippen LogP contribution in [0.3, 0.4) is 0 Å². The number of aromatic nitrogens is 2. The summed E-state index contributed by atoms with van der Waals surface area (Å²) in [5.74, 6) is 1.16. The molecule has 1 aromatic heterocycles. The summed E-state index contributed by atoms with van der Waals surface area (Å²) < 4.78 is 10.5. The SMILES string of the molecule is CCC(OC)c1noc(CNc2ccc(C)cc2)n1. The molecule has 2 aromatic rings. The van der Waals surface area contributed by atoms with Crippen molar-refractivity contribution in [2.24, 2.45) is 0 Å². The summed E-state index contributed by atoms with van der Waals surface area (Å²) >= 11 is 0. The monoisotopic (exact) mass is 261 g/mol. The third-order valence-electron chi connectivity index (χ3n) is 2.92. The molecule has 0 spiro atoms. The van der Waals surface area contributed by atoms with Gasteiger partial charge in [0.25, 0.3) is 0 Å². The van der Waals surface area contributed by atoms with Gasteiger partial charge in [-0.05, 0) is 25.5 Å². The molecule has 0 fully saturated rings. The highest BCUT2D eigenvalue weighted by molar-refractivity contribution is 5.44. The molecule has 5 heteroatoms. The number of methoxy groups -OCH3 is 1. The fourth-order valence-corrected chi connectivity index (χ4v) is 1.77. The Morgan fingerprint density at radius 1 is 1.32 bits per heavy atom. The minimum atomic E-state index is -0.100. The Morgan fingerprint density at radius 3 is 2.68 bits per heavy atom. The molecule has 0 bridgehead atoms. The lowest BCUT2D eigenvalue weighted by Crippen LogP contribution is -2.03. The van der Waals surface area contributed by atoms with E-state index < -0.39 is 0 Å². The zero-order valence-corrected chi connectivity index (χ0v) is 11.5. The van der Waals surface area contributed by atoms with E-state index in [2.05, 4.69) is 34.5 Å². The minimum Gasteiger partial charge on any atom is -0.376 e. The zero-order valence-electron chi connectivity index (χ0n) is 11.5. The van der Waals surface area contributed by atoms with Crippen molar-refractivity contribution in [3.63, 3.8) is 0 Å². The average Bonchev–Trinajstić information content (AvgIpc) is 2.88. The van der Waals surface area contributed by atoms with Crippen LogP contribution in [0.1, 0.15) is 36.7 Å². The van der Waals surface area contributed by atoms with Crippen LogP contribution < -0.4 is 5.32 Å². The maximum atomic E-state index is 5.27. The van der Waals surface area contributed by atoms with E-state index in [4.69, 9.17) is 9.26 Å². The molecule has 0 saturated carbocycles. The van der Waals surface area contributed by atoms with E-state index in [9.17, 15) is 0 Å². The Balaban J connectivity index is 1.95. The van der Waals surface area contributed by atoms with Crippen LogP contribution in [0.25, 0.3) is 0 Å². The van der Waals surface area contributed by atoms with Crippen molar-refractivity contribution >= 4 is 5.69 Å². The fraction of sp³-hybridized carbons (Fsp3) is 0.429. The maximum absolute atomic E-state index is 5.27. The molecule has 0 amide bonds. The number of anilines is 1. The number of ether oxygens (including phenoxy) is 1. The molecule has 0 radical (unpaired) electrons. The first-order valence-corrected chi connectivity index (χ1v) is 6.38. The molecule has 1 unspecified atom stereocenters. The van der Waals surface area contributed by atoms with Gasteiger partial charge in [0.1, 0.15) is 6.10 Å². The molecular weight excluding hydrogens is 242 g/mol. The number of nitrogens with zero attached hydrogens (tertiary/aromatic N) is 2. The van der Waals surface area contributed by atoms with Crippen LogP contribution in [0.15, 0.2) is 28.8 Å².